The van der Waals surface area contributed by atoms with Crippen molar-refractivity contribution >= 4 is 28.5 Å². The van der Waals surface area contributed by atoms with Crippen LogP contribution in [0.5, 0.6) is 0 Å². The molecule has 3 aliphatic rings. The van der Waals surface area contributed by atoms with Gasteiger partial charge >= 0.3 is 0 Å². The molecule has 3 aromatic rings. The van der Waals surface area contributed by atoms with Crippen molar-refractivity contribution < 1.29 is 4.74 Å². The Morgan fingerprint density at radius 2 is 1.91 bits per heavy atom. The Kier molecular flexibility index (Phi) is 5.41. The number of fused-ring (bicyclic) bond motifs is 1. The predicted octanol–water partition coefficient (Wildman–Crippen LogP) is 5.75. The van der Waals surface area contributed by atoms with Gasteiger partial charge in [-0.1, -0.05) is 38.3 Å². The third-order valence-electron chi connectivity index (χ3n) is 7.59. The van der Waals surface area contributed by atoms with Gasteiger partial charge < -0.3 is 15.0 Å². The van der Waals surface area contributed by atoms with Gasteiger partial charge in [0.15, 0.2) is 5.65 Å². The maximum absolute atomic E-state index is 6.00. The zero-order valence-corrected chi connectivity index (χ0v) is 19.5. The van der Waals surface area contributed by atoms with Crippen molar-refractivity contribution in [1.82, 2.24) is 15.0 Å². The molecule has 1 aliphatic heterocycles. The standard InChI is InChI=1S/C27H33N5O/c1-2-19-16-23-24(28-17-19)30-26(32-14-15-33-27(18-32)12-13-27)31-25(23)29-22-10-8-21(9-11-22)20-6-4-3-5-7-20/h8-11,16-17,20H,2-7,12-15,18H2,1H3,(H,28,29,30,31). The summed E-state index contributed by atoms with van der Waals surface area (Å²) in [5.41, 5.74) is 4.49. The van der Waals surface area contributed by atoms with Gasteiger partial charge in [-0.3, -0.25) is 0 Å². The van der Waals surface area contributed by atoms with E-state index in [1.807, 2.05) is 6.20 Å². The number of aromatic nitrogens is 3. The quantitative estimate of drug-likeness (QED) is 0.542. The molecule has 0 unspecified atom stereocenters. The number of rotatable bonds is 5. The van der Waals surface area contributed by atoms with Gasteiger partial charge in [-0.2, -0.15) is 9.97 Å². The molecule has 1 N–H and O–H groups in total. The Bertz CT molecular complexity index is 1140. The molecule has 1 spiro atoms. The van der Waals surface area contributed by atoms with Crippen LogP contribution in [0.1, 0.15) is 68.9 Å². The number of ether oxygens (including phenoxy) is 1. The second kappa shape index (κ2) is 8.56. The number of pyridine rings is 1. The van der Waals surface area contributed by atoms with Gasteiger partial charge in [0, 0.05) is 25.0 Å². The Balaban J connectivity index is 1.32. The number of nitrogens with zero attached hydrogens (tertiary/aromatic N) is 4. The van der Waals surface area contributed by atoms with Crippen LogP contribution in [0.4, 0.5) is 17.5 Å². The average molecular weight is 444 g/mol. The minimum Gasteiger partial charge on any atom is -0.371 e. The summed E-state index contributed by atoms with van der Waals surface area (Å²) in [5.74, 6) is 2.29. The molecule has 172 valence electrons. The van der Waals surface area contributed by atoms with Gasteiger partial charge in [0.1, 0.15) is 5.82 Å². The number of hydrogen-bond donors (Lipinski definition) is 1. The number of benzene rings is 1. The fraction of sp³-hybridized carbons (Fsp3) is 0.519. The molecule has 1 aromatic carbocycles. The molecule has 0 atom stereocenters. The lowest BCUT2D eigenvalue weighted by atomic mass is 9.84. The molecule has 3 heterocycles. The fourth-order valence-electron chi connectivity index (χ4n) is 5.34. The van der Waals surface area contributed by atoms with Crippen LogP contribution < -0.4 is 10.2 Å². The van der Waals surface area contributed by atoms with Gasteiger partial charge in [0.05, 0.1) is 17.6 Å². The van der Waals surface area contributed by atoms with Gasteiger partial charge in [-0.15, -0.1) is 0 Å². The summed E-state index contributed by atoms with van der Waals surface area (Å²) in [6.45, 7) is 4.56. The molecule has 0 amide bonds. The van der Waals surface area contributed by atoms with Crippen molar-refractivity contribution in [2.45, 2.75) is 69.8 Å². The number of anilines is 3. The summed E-state index contributed by atoms with van der Waals surface area (Å²) in [5, 5.41) is 4.57. The lowest BCUT2D eigenvalue weighted by molar-refractivity contribution is 0.0201. The lowest BCUT2D eigenvalue weighted by Gasteiger charge is -2.33. The Morgan fingerprint density at radius 3 is 2.67 bits per heavy atom. The first-order valence-electron chi connectivity index (χ1n) is 12.6. The SMILES string of the molecule is CCc1cnc2nc(N3CCOC4(CC4)C3)nc(Nc3ccc(C4CCCCC4)cc3)c2c1. The van der Waals surface area contributed by atoms with Crippen LogP contribution in [0.3, 0.4) is 0 Å². The van der Waals surface area contributed by atoms with Crippen LogP contribution in [0.25, 0.3) is 11.0 Å². The first-order valence-corrected chi connectivity index (χ1v) is 12.6. The molecule has 6 rings (SSSR count). The first-order chi connectivity index (χ1) is 16.2. The highest BCUT2D eigenvalue weighted by molar-refractivity contribution is 5.90. The summed E-state index contributed by atoms with van der Waals surface area (Å²) in [7, 11) is 0. The number of morpholine rings is 1. The summed E-state index contributed by atoms with van der Waals surface area (Å²) in [6.07, 6.45) is 11.9. The van der Waals surface area contributed by atoms with E-state index in [2.05, 4.69) is 52.5 Å². The van der Waals surface area contributed by atoms with Crippen molar-refractivity contribution in [2.24, 2.45) is 0 Å². The van der Waals surface area contributed by atoms with Gasteiger partial charge in [0.25, 0.3) is 0 Å². The smallest absolute Gasteiger partial charge is 0.229 e. The van der Waals surface area contributed by atoms with Crippen LogP contribution in [0.15, 0.2) is 36.5 Å². The zero-order chi connectivity index (χ0) is 22.3. The second-order valence-corrected chi connectivity index (χ2v) is 9.98. The normalized spacial score (nSPS) is 20.3. The van der Waals surface area contributed by atoms with Crippen LogP contribution in [0.2, 0.25) is 0 Å². The monoisotopic (exact) mass is 443 g/mol. The molecule has 2 saturated carbocycles. The molecule has 0 bridgehead atoms. The third-order valence-corrected chi connectivity index (χ3v) is 7.59. The minimum absolute atomic E-state index is 0.0264. The van der Waals surface area contributed by atoms with E-state index < -0.39 is 0 Å². The highest BCUT2D eigenvalue weighted by Crippen LogP contribution is 2.43. The molecular weight excluding hydrogens is 410 g/mol. The zero-order valence-electron chi connectivity index (χ0n) is 19.5. The Morgan fingerprint density at radius 1 is 1.09 bits per heavy atom. The van der Waals surface area contributed by atoms with Gasteiger partial charge in [-0.25, -0.2) is 4.98 Å². The highest BCUT2D eigenvalue weighted by atomic mass is 16.5. The van der Waals surface area contributed by atoms with E-state index in [0.717, 1.165) is 67.4 Å². The largest absolute Gasteiger partial charge is 0.371 e. The van der Waals surface area contributed by atoms with E-state index in [1.54, 1.807) is 0 Å². The van der Waals surface area contributed by atoms with Crippen molar-refractivity contribution in [2.75, 3.05) is 29.9 Å². The van der Waals surface area contributed by atoms with E-state index >= 15 is 0 Å². The van der Waals surface area contributed by atoms with Crippen LogP contribution in [0, 0.1) is 0 Å². The second-order valence-electron chi connectivity index (χ2n) is 9.98. The van der Waals surface area contributed by atoms with Crippen LogP contribution in [-0.2, 0) is 11.2 Å². The molecule has 33 heavy (non-hydrogen) atoms. The summed E-state index contributed by atoms with van der Waals surface area (Å²) in [4.78, 5) is 16.8. The molecule has 1 saturated heterocycles. The molecule has 2 aromatic heterocycles. The number of aryl methyl sites for hydroxylation is 1. The number of nitrogens with one attached hydrogen (secondary N) is 1. The summed E-state index contributed by atoms with van der Waals surface area (Å²) in [6, 6.07) is 11.1. The van der Waals surface area contributed by atoms with Gasteiger partial charge in [-0.05, 0) is 67.3 Å². The summed E-state index contributed by atoms with van der Waals surface area (Å²) < 4.78 is 6.00. The average Bonchev–Trinajstić information content (AvgIpc) is 3.62. The van der Waals surface area contributed by atoms with E-state index in [-0.39, 0.29) is 5.60 Å². The molecule has 2 aliphatic carbocycles. The number of hydrogen-bond acceptors (Lipinski definition) is 6. The van der Waals surface area contributed by atoms with Crippen LogP contribution >= 0.6 is 0 Å². The lowest BCUT2D eigenvalue weighted by Crippen LogP contribution is -2.44. The predicted molar refractivity (Wildman–Crippen MR) is 132 cm³/mol. The first kappa shape index (κ1) is 20.8. The van der Waals surface area contributed by atoms with Crippen LogP contribution in [-0.4, -0.2) is 40.2 Å². The van der Waals surface area contributed by atoms with E-state index in [9.17, 15) is 0 Å². The molecule has 3 fully saturated rings. The molecule has 6 nitrogen and oxygen atoms in total. The maximum atomic E-state index is 6.00. The van der Waals surface area contributed by atoms with Crippen molar-refractivity contribution in [3.8, 4) is 0 Å². The highest BCUT2D eigenvalue weighted by Gasteiger charge is 2.48. The van der Waals surface area contributed by atoms with Crippen molar-refractivity contribution in [1.29, 1.82) is 0 Å². The molecule has 0 radical (unpaired) electrons. The Hall–Kier alpha value is -2.73. The third kappa shape index (κ3) is 4.29. The topological polar surface area (TPSA) is 63.2 Å². The van der Waals surface area contributed by atoms with Crippen molar-refractivity contribution in [3.63, 3.8) is 0 Å². The van der Waals surface area contributed by atoms with Crippen molar-refractivity contribution in [3.05, 3.63) is 47.7 Å². The Labute approximate surface area is 195 Å². The minimum atomic E-state index is 0.0264. The maximum Gasteiger partial charge on any atom is 0.229 e. The fourth-order valence-corrected chi connectivity index (χ4v) is 5.34. The summed E-state index contributed by atoms with van der Waals surface area (Å²) >= 11 is 0. The molecular formula is C27H33N5O. The molecule has 6 heteroatoms. The van der Waals surface area contributed by atoms with E-state index in [4.69, 9.17) is 14.7 Å². The van der Waals surface area contributed by atoms with E-state index in [1.165, 1.54) is 43.2 Å². The van der Waals surface area contributed by atoms with E-state index in [0.29, 0.717) is 5.92 Å². The van der Waals surface area contributed by atoms with Gasteiger partial charge in [0.2, 0.25) is 5.95 Å².